The zero-order chi connectivity index (χ0) is 8.54. The van der Waals surface area contributed by atoms with Gasteiger partial charge >= 0.3 is 0 Å². The predicted molar refractivity (Wildman–Crippen MR) is 51.3 cm³/mol. The molecule has 1 unspecified atom stereocenters. The van der Waals surface area contributed by atoms with E-state index in [4.69, 9.17) is 4.43 Å². The molecule has 1 aliphatic rings. The van der Waals surface area contributed by atoms with Gasteiger partial charge in [0.15, 0.2) is 8.32 Å². The van der Waals surface area contributed by atoms with Gasteiger partial charge in [-0.2, -0.15) is 0 Å². The third-order valence-electron chi connectivity index (χ3n) is 2.76. The second kappa shape index (κ2) is 2.90. The third-order valence-corrected chi connectivity index (χ3v) is 6.71. The van der Waals surface area contributed by atoms with Gasteiger partial charge in [0, 0.05) is 0 Å². The Morgan fingerprint density at radius 2 is 2.09 bits per heavy atom. The molecule has 0 aromatic rings. The van der Waals surface area contributed by atoms with Crippen molar-refractivity contribution in [2.24, 2.45) is 0 Å². The van der Waals surface area contributed by atoms with Gasteiger partial charge in [-0.3, -0.25) is 0 Å². The maximum absolute atomic E-state index is 6.15. The Kier molecular flexibility index (Phi) is 2.45. The predicted octanol–water partition coefficient (Wildman–Crippen LogP) is 3.17. The van der Waals surface area contributed by atoms with E-state index < -0.39 is 8.32 Å². The lowest BCUT2D eigenvalue weighted by molar-refractivity contribution is 0.0704. The van der Waals surface area contributed by atoms with Gasteiger partial charge in [0.2, 0.25) is 0 Å². The summed E-state index contributed by atoms with van der Waals surface area (Å²) in [5.74, 6) is 0. The van der Waals surface area contributed by atoms with E-state index in [1.54, 1.807) is 0 Å². The topological polar surface area (TPSA) is 9.23 Å². The minimum atomic E-state index is -1.25. The van der Waals surface area contributed by atoms with Gasteiger partial charge in [0.1, 0.15) is 0 Å². The Hall–Kier alpha value is 0.177. The van der Waals surface area contributed by atoms with E-state index in [1.807, 2.05) is 0 Å². The summed E-state index contributed by atoms with van der Waals surface area (Å²) >= 11 is 0. The van der Waals surface area contributed by atoms with Gasteiger partial charge in [0.25, 0.3) is 0 Å². The molecule has 0 saturated carbocycles. The molecule has 0 aliphatic carbocycles. The second-order valence-corrected chi connectivity index (χ2v) is 8.83. The minimum absolute atomic E-state index is 0.176. The van der Waals surface area contributed by atoms with E-state index in [0.717, 1.165) is 0 Å². The molecule has 0 aromatic carbocycles. The van der Waals surface area contributed by atoms with Gasteiger partial charge < -0.3 is 4.43 Å². The van der Waals surface area contributed by atoms with Crippen LogP contribution in [-0.4, -0.2) is 13.9 Å². The highest BCUT2D eigenvalue weighted by atomic mass is 28.4. The number of hydrogen-bond acceptors (Lipinski definition) is 1. The minimum Gasteiger partial charge on any atom is -0.412 e. The molecule has 1 fully saturated rings. The fourth-order valence-corrected chi connectivity index (χ4v) is 4.87. The molecule has 66 valence electrons. The first-order chi connectivity index (χ1) is 4.97. The maximum Gasteiger partial charge on any atom is 0.190 e. The van der Waals surface area contributed by atoms with Crippen LogP contribution in [0.2, 0.25) is 18.6 Å². The molecule has 1 saturated heterocycles. The van der Waals surface area contributed by atoms with Crippen LogP contribution in [0.4, 0.5) is 0 Å². The number of hydrogen-bond donors (Lipinski definition) is 0. The van der Waals surface area contributed by atoms with Crippen LogP contribution in [-0.2, 0) is 4.43 Å². The van der Waals surface area contributed by atoms with Crippen LogP contribution in [0.1, 0.15) is 33.6 Å². The summed E-state index contributed by atoms with van der Waals surface area (Å²) in [5.41, 5.74) is 0.176. The van der Waals surface area contributed by atoms with Crippen LogP contribution < -0.4 is 0 Å². The quantitative estimate of drug-likeness (QED) is 0.552. The maximum atomic E-state index is 6.15. The molecule has 1 nitrogen and oxygen atoms in total. The van der Waals surface area contributed by atoms with E-state index in [1.165, 1.54) is 24.9 Å². The zero-order valence-electron chi connectivity index (χ0n) is 8.24. The number of rotatable bonds is 1. The molecule has 0 aromatic heterocycles. The van der Waals surface area contributed by atoms with Crippen molar-refractivity contribution in [3.05, 3.63) is 0 Å². The van der Waals surface area contributed by atoms with E-state index >= 15 is 0 Å². The Balaban J connectivity index is 2.59. The van der Waals surface area contributed by atoms with Crippen molar-refractivity contribution in [2.45, 2.75) is 57.8 Å². The van der Waals surface area contributed by atoms with E-state index in [2.05, 4.69) is 27.3 Å². The summed E-state index contributed by atoms with van der Waals surface area (Å²) in [6, 6.07) is 2.64. The molecule has 0 amide bonds. The highest BCUT2D eigenvalue weighted by Gasteiger charge is 2.37. The highest BCUT2D eigenvalue weighted by molar-refractivity contribution is 6.72. The Morgan fingerprint density at radius 1 is 1.45 bits per heavy atom. The standard InChI is InChI=1S/C9H20OSi/c1-5-11(4)8-6-7-9(2,3)10-11/h5-8H2,1-4H3. The normalized spacial score (nSPS) is 37.1. The summed E-state index contributed by atoms with van der Waals surface area (Å²) in [7, 11) is -1.25. The first kappa shape index (κ1) is 9.27. The zero-order valence-corrected chi connectivity index (χ0v) is 9.24. The van der Waals surface area contributed by atoms with Crippen molar-refractivity contribution in [1.82, 2.24) is 0 Å². The molecule has 1 heterocycles. The second-order valence-electron chi connectivity index (χ2n) is 4.52. The lowest BCUT2D eigenvalue weighted by atomic mass is 10.0. The van der Waals surface area contributed by atoms with Crippen molar-refractivity contribution in [3.8, 4) is 0 Å². The molecular weight excluding hydrogens is 152 g/mol. The third kappa shape index (κ3) is 2.31. The molecule has 1 aliphatic heterocycles. The average Bonchev–Trinajstić information content (AvgIpc) is 1.85. The molecule has 1 atom stereocenters. The van der Waals surface area contributed by atoms with Gasteiger partial charge in [-0.25, -0.2) is 0 Å². The molecule has 0 N–H and O–H groups in total. The fourth-order valence-electron chi connectivity index (χ4n) is 1.91. The molecule has 0 radical (unpaired) electrons. The molecule has 11 heavy (non-hydrogen) atoms. The molecule has 1 rings (SSSR count). The molecule has 0 spiro atoms. The summed E-state index contributed by atoms with van der Waals surface area (Å²) in [5, 5.41) is 0. The van der Waals surface area contributed by atoms with Crippen LogP contribution >= 0.6 is 0 Å². The smallest absolute Gasteiger partial charge is 0.190 e. The van der Waals surface area contributed by atoms with Gasteiger partial charge in [-0.05, 0) is 38.9 Å². The SMILES string of the molecule is CC[Si]1(C)CCCC(C)(C)O1. The van der Waals surface area contributed by atoms with Crippen molar-refractivity contribution in [1.29, 1.82) is 0 Å². The van der Waals surface area contributed by atoms with Gasteiger partial charge in [-0.1, -0.05) is 13.3 Å². The summed E-state index contributed by atoms with van der Waals surface area (Å²) < 4.78 is 6.15. The molecule has 0 bridgehead atoms. The van der Waals surface area contributed by atoms with Crippen molar-refractivity contribution >= 4 is 8.32 Å². The summed E-state index contributed by atoms with van der Waals surface area (Å²) in [4.78, 5) is 0. The summed E-state index contributed by atoms with van der Waals surface area (Å²) in [6.45, 7) is 9.10. The molecule has 2 heteroatoms. The lowest BCUT2D eigenvalue weighted by Gasteiger charge is -2.41. The Bertz CT molecular complexity index is 144. The van der Waals surface area contributed by atoms with Gasteiger partial charge in [-0.15, -0.1) is 0 Å². The Morgan fingerprint density at radius 3 is 2.45 bits per heavy atom. The van der Waals surface area contributed by atoms with E-state index in [9.17, 15) is 0 Å². The van der Waals surface area contributed by atoms with Crippen LogP contribution in [0.15, 0.2) is 0 Å². The lowest BCUT2D eigenvalue weighted by Crippen LogP contribution is -2.46. The van der Waals surface area contributed by atoms with Crippen molar-refractivity contribution in [3.63, 3.8) is 0 Å². The van der Waals surface area contributed by atoms with Crippen LogP contribution in [0.5, 0.6) is 0 Å². The average molecular weight is 172 g/mol. The van der Waals surface area contributed by atoms with E-state index in [-0.39, 0.29) is 5.60 Å². The first-order valence-corrected chi connectivity index (χ1v) is 7.50. The van der Waals surface area contributed by atoms with Gasteiger partial charge in [0.05, 0.1) is 5.60 Å². The molecular formula is C9H20OSi. The van der Waals surface area contributed by atoms with Crippen LogP contribution in [0.25, 0.3) is 0 Å². The van der Waals surface area contributed by atoms with E-state index in [0.29, 0.717) is 0 Å². The largest absolute Gasteiger partial charge is 0.412 e. The van der Waals surface area contributed by atoms with Crippen molar-refractivity contribution in [2.75, 3.05) is 0 Å². The first-order valence-electron chi connectivity index (χ1n) is 4.68. The Labute approximate surface area is 71.3 Å². The fraction of sp³-hybridized carbons (Fsp3) is 1.00. The monoisotopic (exact) mass is 172 g/mol. The van der Waals surface area contributed by atoms with Crippen molar-refractivity contribution < 1.29 is 4.43 Å². The highest BCUT2D eigenvalue weighted by Crippen LogP contribution is 2.34. The van der Waals surface area contributed by atoms with Crippen LogP contribution in [0, 0.1) is 0 Å². The summed E-state index contributed by atoms with van der Waals surface area (Å²) in [6.07, 6.45) is 2.62. The van der Waals surface area contributed by atoms with Crippen LogP contribution in [0.3, 0.4) is 0 Å².